The van der Waals surface area contributed by atoms with Crippen LogP contribution in [-0.4, -0.2) is 46.7 Å². The molecule has 5 nitrogen and oxygen atoms in total. The molecule has 3 amide bonds. The van der Waals surface area contributed by atoms with Crippen LogP contribution in [0.2, 0.25) is 0 Å². The highest BCUT2D eigenvalue weighted by Crippen LogP contribution is 2.26. The van der Waals surface area contributed by atoms with Crippen LogP contribution in [0.4, 0.5) is 0 Å². The number of hydrogen-bond donors (Lipinski definition) is 1. The number of thioether (sulfide) groups is 1. The Morgan fingerprint density at radius 2 is 1.67 bits per heavy atom. The molecule has 0 radical (unpaired) electrons. The molecule has 24 heavy (non-hydrogen) atoms. The van der Waals surface area contributed by atoms with E-state index in [2.05, 4.69) is 5.32 Å². The van der Waals surface area contributed by atoms with E-state index in [1.807, 2.05) is 20.1 Å². The van der Waals surface area contributed by atoms with Gasteiger partial charge in [-0.1, -0.05) is 26.0 Å². The first-order chi connectivity index (χ1) is 11.5. The maximum atomic E-state index is 12.7. The van der Waals surface area contributed by atoms with Gasteiger partial charge in [-0.25, -0.2) is 0 Å². The topological polar surface area (TPSA) is 66.5 Å². The standard InChI is InChI=1S/C18H24N2O3S/c1-4-12(5-2)19-16(21)15(10-11-24-3)20-17(22)13-8-6-7-9-14(13)18(20)23/h6-9,12,15H,4-5,10-11H2,1-3H3,(H,19,21)/t15-/m0/s1. The zero-order valence-electron chi connectivity index (χ0n) is 14.4. The van der Waals surface area contributed by atoms with E-state index in [0.717, 1.165) is 17.7 Å². The first-order valence-electron chi connectivity index (χ1n) is 8.31. The molecule has 1 aromatic rings. The summed E-state index contributed by atoms with van der Waals surface area (Å²) in [4.78, 5) is 39.2. The first-order valence-corrected chi connectivity index (χ1v) is 9.70. The van der Waals surface area contributed by atoms with Gasteiger partial charge in [0.15, 0.2) is 0 Å². The quantitative estimate of drug-likeness (QED) is 0.734. The van der Waals surface area contributed by atoms with Crippen molar-refractivity contribution in [2.45, 2.75) is 45.2 Å². The van der Waals surface area contributed by atoms with Gasteiger partial charge >= 0.3 is 0 Å². The van der Waals surface area contributed by atoms with Crippen molar-refractivity contribution < 1.29 is 14.4 Å². The Morgan fingerprint density at radius 3 is 2.12 bits per heavy atom. The molecule has 6 heteroatoms. The molecule has 0 fully saturated rings. The minimum Gasteiger partial charge on any atom is -0.352 e. The van der Waals surface area contributed by atoms with Crippen LogP contribution in [0.5, 0.6) is 0 Å². The smallest absolute Gasteiger partial charge is 0.262 e. The third-order valence-electron chi connectivity index (χ3n) is 4.37. The van der Waals surface area contributed by atoms with Crippen LogP contribution < -0.4 is 5.32 Å². The predicted octanol–water partition coefficient (Wildman–Crippen LogP) is 2.71. The lowest BCUT2D eigenvalue weighted by molar-refractivity contribution is -0.125. The zero-order valence-corrected chi connectivity index (χ0v) is 15.2. The van der Waals surface area contributed by atoms with Crippen molar-refractivity contribution in [2.24, 2.45) is 0 Å². The second-order valence-corrected chi connectivity index (χ2v) is 6.83. The number of amides is 3. The molecule has 0 aromatic heterocycles. The maximum absolute atomic E-state index is 12.7. The molecule has 1 heterocycles. The van der Waals surface area contributed by atoms with Crippen LogP contribution in [0.1, 0.15) is 53.8 Å². The molecule has 130 valence electrons. The molecule has 1 aliphatic heterocycles. The monoisotopic (exact) mass is 348 g/mol. The molecule has 0 aliphatic carbocycles. The summed E-state index contributed by atoms with van der Waals surface area (Å²) in [5.74, 6) is -0.288. The number of carbonyl (C=O) groups excluding carboxylic acids is 3. The highest BCUT2D eigenvalue weighted by atomic mass is 32.2. The average Bonchev–Trinajstić information content (AvgIpc) is 2.85. The number of hydrogen-bond acceptors (Lipinski definition) is 4. The first kappa shape index (κ1) is 18.5. The van der Waals surface area contributed by atoms with Gasteiger partial charge in [0.25, 0.3) is 11.8 Å². The molecular weight excluding hydrogens is 324 g/mol. The Morgan fingerprint density at radius 1 is 1.12 bits per heavy atom. The van der Waals surface area contributed by atoms with Crippen LogP contribution in [0, 0.1) is 0 Å². The number of rotatable bonds is 8. The Bertz CT molecular complexity index is 593. The summed E-state index contributed by atoms with van der Waals surface area (Å²) in [5, 5.41) is 2.98. The summed E-state index contributed by atoms with van der Waals surface area (Å²) >= 11 is 1.59. The number of imide groups is 1. The third-order valence-corrected chi connectivity index (χ3v) is 5.01. The van der Waals surface area contributed by atoms with Crippen molar-refractivity contribution in [2.75, 3.05) is 12.0 Å². The molecule has 1 aliphatic rings. The van der Waals surface area contributed by atoms with Crippen LogP contribution in [0.3, 0.4) is 0 Å². The Labute approximate surface area is 147 Å². The largest absolute Gasteiger partial charge is 0.352 e. The van der Waals surface area contributed by atoms with Gasteiger partial charge < -0.3 is 5.32 Å². The number of nitrogens with zero attached hydrogens (tertiary/aromatic N) is 1. The molecule has 0 saturated heterocycles. The Balaban J connectivity index is 2.27. The number of nitrogens with one attached hydrogen (secondary N) is 1. The highest BCUT2D eigenvalue weighted by Gasteiger charge is 2.42. The fourth-order valence-electron chi connectivity index (χ4n) is 2.89. The van der Waals surface area contributed by atoms with E-state index in [1.165, 1.54) is 0 Å². The summed E-state index contributed by atoms with van der Waals surface area (Å²) in [6.45, 7) is 4.01. The van der Waals surface area contributed by atoms with E-state index in [0.29, 0.717) is 23.3 Å². The van der Waals surface area contributed by atoms with Gasteiger partial charge in [-0.3, -0.25) is 19.3 Å². The normalized spacial score (nSPS) is 14.9. The van der Waals surface area contributed by atoms with Gasteiger partial charge in [0.2, 0.25) is 5.91 Å². The minimum atomic E-state index is -0.759. The SMILES string of the molecule is CCC(CC)NC(=O)[C@H](CCSC)N1C(=O)c2ccccc2C1=O. The number of benzene rings is 1. The van der Waals surface area contributed by atoms with Gasteiger partial charge in [-0.15, -0.1) is 0 Å². The zero-order chi connectivity index (χ0) is 17.7. The number of carbonyl (C=O) groups is 3. The van der Waals surface area contributed by atoms with Crippen molar-refractivity contribution in [1.82, 2.24) is 10.2 Å². The Hall–Kier alpha value is -1.82. The maximum Gasteiger partial charge on any atom is 0.262 e. The van der Waals surface area contributed by atoms with Gasteiger partial charge in [-0.2, -0.15) is 11.8 Å². The van der Waals surface area contributed by atoms with E-state index >= 15 is 0 Å². The van der Waals surface area contributed by atoms with E-state index in [-0.39, 0.29) is 23.8 Å². The van der Waals surface area contributed by atoms with Crippen molar-refractivity contribution >= 4 is 29.5 Å². The summed E-state index contributed by atoms with van der Waals surface area (Å²) < 4.78 is 0. The lowest BCUT2D eigenvalue weighted by atomic mass is 10.1. The minimum absolute atomic E-state index is 0.0597. The van der Waals surface area contributed by atoms with Gasteiger partial charge in [0, 0.05) is 6.04 Å². The van der Waals surface area contributed by atoms with Crippen molar-refractivity contribution in [3.8, 4) is 0 Å². The fraction of sp³-hybridized carbons (Fsp3) is 0.500. The number of fused-ring (bicyclic) bond motifs is 1. The molecule has 0 spiro atoms. The van der Waals surface area contributed by atoms with Gasteiger partial charge in [0.05, 0.1) is 11.1 Å². The summed E-state index contributed by atoms with van der Waals surface area (Å²) in [6, 6.07) is 6.04. The summed E-state index contributed by atoms with van der Waals surface area (Å²) in [7, 11) is 0. The highest BCUT2D eigenvalue weighted by molar-refractivity contribution is 7.98. The molecule has 1 N–H and O–H groups in total. The molecular formula is C18H24N2O3S. The molecule has 0 saturated carbocycles. The lowest BCUT2D eigenvalue weighted by Crippen LogP contribution is -2.51. The second-order valence-electron chi connectivity index (χ2n) is 5.85. The lowest BCUT2D eigenvalue weighted by Gasteiger charge is -2.27. The Kier molecular flexibility index (Phi) is 6.43. The molecule has 1 atom stereocenters. The van der Waals surface area contributed by atoms with Crippen molar-refractivity contribution in [3.63, 3.8) is 0 Å². The van der Waals surface area contributed by atoms with Crippen molar-refractivity contribution in [3.05, 3.63) is 35.4 Å². The second kappa shape index (κ2) is 8.33. The van der Waals surface area contributed by atoms with Crippen LogP contribution in [-0.2, 0) is 4.79 Å². The van der Waals surface area contributed by atoms with Crippen LogP contribution >= 0.6 is 11.8 Å². The summed E-state index contributed by atoms with van der Waals surface area (Å²) in [5.41, 5.74) is 0.763. The van der Waals surface area contributed by atoms with Crippen molar-refractivity contribution in [1.29, 1.82) is 0 Å². The van der Waals surface area contributed by atoms with Gasteiger partial charge in [-0.05, 0) is 43.4 Å². The molecule has 2 rings (SSSR count). The van der Waals surface area contributed by atoms with E-state index in [4.69, 9.17) is 0 Å². The van der Waals surface area contributed by atoms with E-state index in [1.54, 1.807) is 36.0 Å². The predicted molar refractivity (Wildman–Crippen MR) is 96.2 cm³/mol. The van der Waals surface area contributed by atoms with Crippen LogP contribution in [0.15, 0.2) is 24.3 Å². The van der Waals surface area contributed by atoms with Crippen LogP contribution in [0.25, 0.3) is 0 Å². The molecule has 1 aromatic carbocycles. The van der Waals surface area contributed by atoms with E-state index < -0.39 is 6.04 Å². The molecule has 0 bridgehead atoms. The van der Waals surface area contributed by atoms with Gasteiger partial charge in [0.1, 0.15) is 6.04 Å². The molecule has 0 unspecified atom stereocenters. The fourth-order valence-corrected chi connectivity index (χ4v) is 3.35. The summed E-state index contributed by atoms with van der Waals surface area (Å²) in [6.07, 6.45) is 4.04. The average molecular weight is 348 g/mol. The third kappa shape index (κ3) is 3.64. The van der Waals surface area contributed by atoms with E-state index in [9.17, 15) is 14.4 Å².